The number of nitrogens with zero attached hydrogens (tertiary/aromatic N) is 1. The average molecular weight is 408 g/mol. The summed E-state index contributed by atoms with van der Waals surface area (Å²) in [4.78, 5) is 14.6. The maximum absolute atomic E-state index is 13.3. The van der Waals surface area contributed by atoms with E-state index < -0.39 is 11.9 Å². The number of halogens is 2. The van der Waals surface area contributed by atoms with Crippen LogP contribution in [-0.4, -0.2) is 15.9 Å². The lowest BCUT2D eigenvalue weighted by molar-refractivity contribution is -0.130. The molecule has 146 valence electrons. The van der Waals surface area contributed by atoms with Gasteiger partial charge in [-0.05, 0) is 47.9 Å². The molecular weight excluding hydrogens is 389 g/mol. The smallest absolute Gasteiger partial charge is 0.290 e. The van der Waals surface area contributed by atoms with E-state index in [9.17, 15) is 14.3 Å². The van der Waals surface area contributed by atoms with Crippen LogP contribution >= 0.6 is 11.6 Å². The van der Waals surface area contributed by atoms with E-state index in [1.807, 2.05) is 43.3 Å². The molecule has 0 aromatic heterocycles. The van der Waals surface area contributed by atoms with Gasteiger partial charge in [0.1, 0.15) is 5.82 Å². The van der Waals surface area contributed by atoms with E-state index in [1.54, 1.807) is 29.2 Å². The van der Waals surface area contributed by atoms with Crippen LogP contribution in [-0.2, 0) is 11.3 Å². The number of benzene rings is 3. The van der Waals surface area contributed by atoms with E-state index >= 15 is 0 Å². The Bertz CT molecular complexity index is 1070. The number of aryl methyl sites for hydroxylation is 1. The third-order valence-electron chi connectivity index (χ3n) is 5.12. The first kappa shape index (κ1) is 19.2. The quantitative estimate of drug-likeness (QED) is 0.590. The molecule has 3 aromatic rings. The van der Waals surface area contributed by atoms with Crippen LogP contribution in [0.15, 0.2) is 78.6 Å². The minimum atomic E-state index is -0.479. The standard InChI is InChI=1S/C24H19ClFNO2/c1-15-2-6-17(7-3-15)21-22(18-8-10-19(25)11-9-18)27(24(29)23(21)28)14-16-4-12-20(26)13-5-16/h2-13,22,28H,14H2,1H3/t22-/m1/s1. The lowest BCUT2D eigenvalue weighted by Crippen LogP contribution is -2.29. The molecule has 0 radical (unpaired) electrons. The molecule has 0 saturated carbocycles. The van der Waals surface area contributed by atoms with Crippen molar-refractivity contribution in [1.82, 2.24) is 4.90 Å². The Kier molecular flexibility index (Phi) is 5.12. The lowest BCUT2D eigenvalue weighted by atomic mass is 9.93. The molecule has 1 aliphatic heterocycles. The average Bonchev–Trinajstić information content (AvgIpc) is 2.96. The summed E-state index contributed by atoms with van der Waals surface area (Å²) in [6.45, 7) is 2.22. The van der Waals surface area contributed by atoms with Crippen LogP contribution in [0.3, 0.4) is 0 Å². The number of hydrogen-bond acceptors (Lipinski definition) is 2. The molecule has 3 nitrogen and oxygen atoms in total. The number of amides is 1. The number of carbonyl (C=O) groups is 1. The van der Waals surface area contributed by atoms with Crippen LogP contribution in [0.4, 0.5) is 4.39 Å². The first-order chi connectivity index (χ1) is 13.9. The molecule has 0 unspecified atom stereocenters. The Balaban J connectivity index is 1.80. The Hall–Kier alpha value is -3.11. The fourth-order valence-corrected chi connectivity index (χ4v) is 3.75. The van der Waals surface area contributed by atoms with Gasteiger partial charge in [-0.15, -0.1) is 0 Å². The topological polar surface area (TPSA) is 40.5 Å². The summed E-state index contributed by atoms with van der Waals surface area (Å²) in [7, 11) is 0. The third-order valence-corrected chi connectivity index (χ3v) is 5.37. The van der Waals surface area contributed by atoms with Gasteiger partial charge in [-0.25, -0.2) is 4.39 Å². The fraction of sp³-hybridized carbons (Fsp3) is 0.125. The van der Waals surface area contributed by atoms with E-state index in [0.29, 0.717) is 10.6 Å². The van der Waals surface area contributed by atoms with Crippen LogP contribution < -0.4 is 0 Å². The summed E-state index contributed by atoms with van der Waals surface area (Å²) >= 11 is 6.05. The Morgan fingerprint density at radius 3 is 2.21 bits per heavy atom. The summed E-state index contributed by atoms with van der Waals surface area (Å²) < 4.78 is 13.3. The second-order valence-electron chi connectivity index (χ2n) is 7.14. The van der Waals surface area contributed by atoms with Crippen molar-refractivity contribution >= 4 is 23.1 Å². The van der Waals surface area contributed by atoms with Crippen LogP contribution in [0.2, 0.25) is 5.02 Å². The summed E-state index contributed by atoms with van der Waals surface area (Å²) in [6, 6.07) is 20.5. The highest BCUT2D eigenvalue weighted by molar-refractivity contribution is 6.30. The van der Waals surface area contributed by atoms with E-state index in [-0.39, 0.29) is 18.1 Å². The zero-order chi connectivity index (χ0) is 20.5. The molecular formula is C24H19ClFNO2. The van der Waals surface area contributed by atoms with Gasteiger partial charge in [-0.2, -0.15) is 0 Å². The molecule has 29 heavy (non-hydrogen) atoms. The monoisotopic (exact) mass is 407 g/mol. The SMILES string of the molecule is Cc1ccc(C2=C(O)C(=O)N(Cc3ccc(F)cc3)[C@@H]2c2ccc(Cl)cc2)cc1. The highest BCUT2D eigenvalue weighted by atomic mass is 35.5. The van der Waals surface area contributed by atoms with Gasteiger partial charge in [0.15, 0.2) is 5.76 Å². The molecule has 3 aromatic carbocycles. The Morgan fingerprint density at radius 2 is 1.59 bits per heavy atom. The minimum Gasteiger partial charge on any atom is -0.503 e. The first-order valence-electron chi connectivity index (χ1n) is 9.25. The molecule has 0 bridgehead atoms. The number of hydrogen-bond donors (Lipinski definition) is 1. The van der Waals surface area contributed by atoms with Crippen LogP contribution in [0.5, 0.6) is 0 Å². The number of rotatable bonds is 4. The van der Waals surface area contributed by atoms with Crippen molar-refractivity contribution in [3.8, 4) is 0 Å². The van der Waals surface area contributed by atoms with Gasteiger partial charge in [-0.1, -0.05) is 65.7 Å². The number of aliphatic hydroxyl groups excluding tert-OH is 1. The van der Waals surface area contributed by atoms with Crippen molar-refractivity contribution in [2.24, 2.45) is 0 Å². The van der Waals surface area contributed by atoms with Crippen molar-refractivity contribution in [3.63, 3.8) is 0 Å². The molecule has 1 aliphatic rings. The largest absolute Gasteiger partial charge is 0.503 e. The Labute approximate surface area is 173 Å². The van der Waals surface area contributed by atoms with Crippen LogP contribution in [0.25, 0.3) is 5.57 Å². The maximum atomic E-state index is 13.3. The minimum absolute atomic E-state index is 0.242. The molecule has 0 spiro atoms. The lowest BCUT2D eigenvalue weighted by Gasteiger charge is -2.27. The third kappa shape index (κ3) is 3.76. The van der Waals surface area contributed by atoms with Crippen molar-refractivity contribution in [1.29, 1.82) is 0 Å². The molecule has 1 heterocycles. The number of carbonyl (C=O) groups excluding carboxylic acids is 1. The fourth-order valence-electron chi connectivity index (χ4n) is 3.62. The first-order valence-corrected chi connectivity index (χ1v) is 9.63. The predicted molar refractivity (Wildman–Crippen MR) is 112 cm³/mol. The summed E-state index contributed by atoms with van der Waals surface area (Å²) in [5.74, 6) is -1.06. The second kappa shape index (κ2) is 7.72. The summed E-state index contributed by atoms with van der Waals surface area (Å²) in [6.07, 6.45) is 0. The number of aliphatic hydroxyl groups is 1. The molecule has 5 heteroatoms. The van der Waals surface area contributed by atoms with Gasteiger partial charge in [-0.3, -0.25) is 4.79 Å². The van der Waals surface area contributed by atoms with Crippen LogP contribution in [0, 0.1) is 12.7 Å². The van der Waals surface area contributed by atoms with Gasteiger partial charge in [0.05, 0.1) is 6.04 Å². The van der Waals surface area contributed by atoms with Crippen molar-refractivity contribution < 1.29 is 14.3 Å². The highest BCUT2D eigenvalue weighted by Gasteiger charge is 2.40. The van der Waals surface area contributed by atoms with Crippen molar-refractivity contribution in [3.05, 3.63) is 112 Å². The molecule has 1 N–H and O–H groups in total. The van der Waals surface area contributed by atoms with E-state index in [0.717, 1.165) is 22.3 Å². The molecule has 1 atom stereocenters. The van der Waals surface area contributed by atoms with Gasteiger partial charge in [0.2, 0.25) is 0 Å². The van der Waals surface area contributed by atoms with Gasteiger partial charge < -0.3 is 10.0 Å². The molecule has 0 saturated heterocycles. The normalized spacial score (nSPS) is 16.6. The zero-order valence-corrected chi connectivity index (χ0v) is 16.5. The summed E-state index contributed by atoms with van der Waals surface area (Å²) in [5.41, 5.74) is 4.04. The zero-order valence-electron chi connectivity index (χ0n) is 15.8. The van der Waals surface area contributed by atoms with Gasteiger partial charge in [0, 0.05) is 17.1 Å². The van der Waals surface area contributed by atoms with Crippen molar-refractivity contribution in [2.45, 2.75) is 19.5 Å². The second-order valence-corrected chi connectivity index (χ2v) is 7.58. The Morgan fingerprint density at radius 1 is 0.966 bits per heavy atom. The van der Waals surface area contributed by atoms with Crippen molar-refractivity contribution in [2.75, 3.05) is 0 Å². The van der Waals surface area contributed by atoms with Crippen LogP contribution in [0.1, 0.15) is 28.3 Å². The molecule has 0 fully saturated rings. The van der Waals surface area contributed by atoms with Gasteiger partial charge in [0.25, 0.3) is 5.91 Å². The van der Waals surface area contributed by atoms with E-state index in [2.05, 4.69) is 0 Å². The molecule has 0 aliphatic carbocycles. The van der Waals surface area contributed by atoms with Gasteiger partial charge >= 0.3 is 0 Å². The summed E-state index contributed by atoms with van der Waals surface area (Å²) in [5, 5.41) is 11.4. The molecule has 4 rings (SSSR count). The van der Waals surface area contributed by atoms with E-state index in [4.69, 9.17) is 11.6 Å². The predicted octanol–water partition coefficient (Wildman–Crippen LogP) is 5.84. The van der Waals surface area contributed by atoms with E-state index in [1.165, 1.54) is 12.1 Å². The maximum Gasteiger partial charge on any atom is 0.290 e. The molecule has 1 amide bonds. The highest BCUT2D eigenvalue weighted by Crippen LogP contribution is 2.43.